The Kier molecular flexibility index (Phi) is 3.75. The standard InChI is InChI=1S/C16H13BrN2O2/c1-21-14-8-3-2-6-11(14)15-18-13-7-4-5-10(17)9-12(13)16(20)19-15/h2-6,8-9H,7H2,1H3,(H,18,19,20). The summed E-state index contributed by atoms with van der Waals surface area (Å²) in [4.78, 5) is 19.8. The van der Waals surface area contributed by atoms with Gasteiger partial charge in [0.25, 0.3) is 5.56 Å². The third kappa shape index (κ3) is 2.69. The molecule has 0 unspecified atom stereocenters. The summed E-state index contributed by atoms with van der Waals surface area (Å²) in [6.07, 6.45) is 6.30. The first-order valence-electron chi connectivity index (χ1n) is 6.49. The highest BCUT2D eigenvalue weighted by atomic mass is 79.9. The van der Waals surface area contributed by atoms with E-state index in [4.69, 9.17) is 4.74 Å². The van der Waals surface area contributed by atoms with E-state index in [-0.39, 0.29) is 5.56 Å². The van der Waals surface area contributed by atoms with Crippen LogP contribution in [0.15, 0.2) is 45.7 Å². The zero-order chi connectivity index (χ0) is 14.8. The second-order valence-corrected chi connectivity index (χ2v) is 5.53. The molecule has 0 amide bonds. The highest BCUT2D eigenvalue weighted by molar-refractivity contribution is 9.12. The third-order valence-electron chi connectivity index (χ3n) is 3.27. The molecule has 0 radical (unpaired) electrons. The number of methoxy groups -OCH3 is 1. The zero-order valence-corrected chi connectivity index (χ0v) is 13.0. The van der Waals surface area contributed by atoms with Crippen LogP contribution in [0.4, 0.5) is 0 Å². The van der Waals surface area contributed by atoms with E-state index in [9.17, 15) is 4.79 Å². The van der Waals surface area contributed by atoms with E-state index in [1.807, 2.05) is 36.4 Å². The van der Waals surface area contributed by atoms with Gasteiger partial charge in [-0.15, -0.1) is 0 Å². The lowest BCUT2D eigenvalue weighted by atomic mass is 10.1. The Hall–Kier alpha value is -2.14. The average molecular weight is 345 g/mol. The van der Waals surface area contributed by atoms with Crippen molar-refractivity contribution in [2.24, 2.45) is 0 Å². The van der Waals surface area contributed by atoms with Crippen LogP contribution in [0.5, 0.6) is 5.75 Å². The predicted molar refractivity (Wildman–Crippen MR) is 86.6 cm³/mol. The summed E-state index contributed by atoms with van der Waals surface area (Å²) < 4.78 is 6.19. The van der Waals surface area contributed by atoms with Gasteiger partial charge >= 0.3 is 0 Å². The lowest BCUT2D eigenvalue weighted by Gasteiger charge is -2.09. The first-order valence-corrected chi connectivity index (χ1v) is 7.28. The van der Waals surface area contributed by atoms with Crippen molar-refractivity contribution >= 4 is 22.0 Å². The van der Waals surface area contributed by atoms with Crippen LogP contribution >= 0.6 is 15.9 Å². The van der Waals surface area contributed by atoms with Crippen molar-refractivity contribution < 1.29 is 4.74 Å². The minimum Gasteiger partial charge on any atom is -0.496 e. The number of fused-ring (bicyclic) bond motifs is 1. The van der Waals surface area contributed by atoms with E-state index in [1.54, 1.807) is 13.2 Å². The van der Waals surface area contributed by atoms with E-state index < -0.39 is 0 Å². The highest BCUT2D eigenvalue weighted by Gasteiger charge is 2.14. The summed E-state index contributed by atoms with van der Waals surface area (Å²) in [5.41, 5.74) is 1.97. The number of halogens is 1. The molecule has 1 N–H and O–H groups in total. The number of H-pyrrole nitrogens is 1. The second kappa shape index (κ2) is 5.69. The van der Waals surface area contributed by atoms with Gasteiger partial charge in [0.1, 0.15) is 11.6 Å². The Morgan fingerprint density at radius 2 is 2.14 bits per heavy atom. The quantitative estimate of drug-likeness (QED) is 0.909. The fourth-order valence-electron chi connectivity index (χ4n) is 2.27. The molecule has 1 heterocycles. The van der Waals surface area contributed by atoms with Gasteiger partial charge in [0, 0.05) is 10.9 Å². The summed E-state index contributed by atoms with van der Waals surface area (Å²) in [7, 11) is 1.60. The fraction of sp³-hybridized carbons (Fsp3) is 0.125. The molecule has 1 aliphatic carbocycles. The van der Waals surface area contributed by atoms with E-state index in [2.05, 4.69) is 25.9 Å². The maximum absolute atomic E-state index is 12.3. The molecule has 1 aliphatic rings. The van der Waals surface area contributed by atoms with Crippen molar-refractivity contribution in [3.05, 3.63) is 62.5 Å². The van der Waals surface area contributed by atoms with Crippen molar-refractivity contribution in [3.8, 4) is 17.1 Å². The van der Waals surface area contributed by atoms with Crippen LogP contribution in [-0.2, 0) is 6.42 Å². The Balaban J connectivity index is 2.20. The molecule has 4 nitrogen and oxygen atoms in total. The largest absolute Gasteiger partial charge is 0.496 e. The van der Waals surface area contributed by atoms with Crippen LogP contribution in [0.1, 0.15) is 11.3 Å². The fourth-order valence-corrected chi connectivity index (χ4v) is 2.69. The number of para-hydroxylation sites is 1. The van der Waals surface area contributed by atoms with Crippen LogP contribution in [0.2, 0.25) is 0 Å². The maximum Gasteiger partial charge on any atom is 0.258 e. The number of rotatable bonds is 2. The number of ether oxygens (including phenoxy) is 1. The minimum atomic E-state index is -0.151. The number of nitrogens with zero attached hydrogens (tertiary/aromatic N) is 1. The van der Waals surface area contributed by atoms with Crippen molar-refractivity contribution in [2.45, 2.75) is 6.42 Å². The number of allylic oxidation sites excluding steroid dienone is 3. The molecule has 0 atom stereocenters. The molecule has 0 saturated carbocycles. The van der Waals surface area contributed by atoms with Crippen molar-refractivity contribution in [1.29, 1.82) is 0 Å². The van der Waals surface area contributed by atoms with Gasteiger partial charge in [0.05, 0.1) is 23.9 Å². The summed E-state index contributed by atoms with van der Waals surface area (Å²) in [6.45, 7) is 0. The Bertz CT molecular complexity index is 806. The first-order chi connectivity index (χ1) is 10.2. The van der Waals surface area contributed by atoms with Gasteiger partial charge in [-0.1, -0.05) is 40.2 Å². The van der Waals surface area contributed by atoms with Gasteiger partial charge in [-0.2, -0.15) is 0 Å². The van der Waals surface area contributed by atoms with Crippen molar-refractivity contribution in [3.63, 3.8) is 0 Å². The van der Waals surface area contributed by atoms with Gasteiger partial charge in [-0.05, 0) is 18.2 Å². The van der Waals surface area contributed by atoms with Gasteiger partial charge in [-0.3, -0.25) is 4.79 Å². The van der Waals surface area contributed by atoms with Gasteiger partial charge in [-0.25, -0.2) is 4.98 Å². The summed E-state index contributed by atoms with van der Waals surface area (Å²) >= 11 is 3.40. The molecule has 0 bridgehead atoms. The number of hydrogen-bond acceptors (Lipinski definition) is 3. The van der Waals surface area contributed by atoms with Crippen LogP contribution in [0, 0.1) is 0 Å². The second-order valence-electron chi connectivity index (χ2n) is 4.61. The lowest BCUT2D eigenvalue weighted by Crippen LogP contribution is -2.16. The van der Waals surface area contributed by atoms with Gasteiger partial charge in [0.15, 0.2) is 0 Å². The molecule has 1 aromatic heterocycles. The molecule has 0 spiro atoms. The first kappa shape index (κ1) is 13.8. The number of aromatic amines is 1. The van der Waals surface area contributed by atoms with Crippen LogP contribution < -0.4 is 10.3 Å². The normalized spacial score (nSPS) is 13.3. The summed E-state index contributed by atoms with van der Waals surface area (Å²) in [5, 5.41) is 0. The van der Waals surface area contributed by atoms with Crippen LogP contribution in [0.3, 0.4) is 0 Å². The van der Waals surface area contributed by atoms with Crippen molar-refractivity contribution in [1.82, 2.24) is 9.97 Å². The Morgan fingerprint density at radius 3 is 2.95 bits per heavy atom. The molecular formula is C16H13BrN2O2. The topological polar surface area (TPSA) is 55.0 Å². The number of aromatic nitrogens is 2. The van der Waals surface area contributed by atoms with Crippen LogP contribution in [-0.4, -0.2) is 17.1 Å². The molecule has 0 fully saturated rings. The molecular weight excluding hydrogens is 332 g/mol. The molecule has 2 aromatic rings. The summed E-state index contributed by atoms with van der Waals surface area (Å²) in [6, 6.07) is 7.49. The van der Waals surface area contributed by atoms with Gasteiger partial charge in [0.2, 0.25) is 0 Å². The SMILES string of the molecule is COc1ccccc1-c1nc2c(c(=O)[nH]1)C=C(Br)C=CC2. The lowest BCUT2D eigenvalue weighted by molar-refractivity contribution is 0.416. The van der Waals surface area contributed by atoms with Crippen molar-refractivity contribution in [2.75, 3.05) is 7.11 Å². The average Bonchev–Trinajstić information content (AvgIpc) is 2.68. The number of nitrogens with one attached hydrogen (secondary N) is 1. The minimum absolute atomic E-state index is 0.151. The molecule has 106 valence electrons. The van der Waals surface area contributed by atoms with Crippen LogP contribution in [0.25, 0.3) is 17.5 Å². The molecule has 1 aromatic carbocycles. The van der Waals surface area contributed by atoms with E-state index in [0.29, 0.717) is 23.6 Å². The molecule has 0 saturated heterocycles. The number of benzene rings is 1. The maximum atomic E-state index is 12.3. The van der Waals surface area contributed by atoms with Gasteiger partial charge < -0.3 is 9.72 Å². The molecule has 3 rings (SSSR count). The third-order valence-corrected chi connectivity index (χ3v) is 3.76. The Morgan fingerprint density at radius 1 is 1.33 bits per heavy atom. The predicted octanol–water partition coefficient (Wildman–Crippen LogP) is 3.29. The Labute approximate surface area is 130 Å². The summed E-state index contributed by atoms with van der Waals surface area (Å²) in [5.74, 6) is 1.21. The molecule has 5 heteroatoms. The smallest absolute Gasteiger partial charge is 0.258 e. The van der Waals surface area contributed by atoms with E-state index in [0.717, 1.165) is 15.7 Å². The number of hydrogen-bond donors (Lipinski definition) is 1. The van der Waals surface area contributed by atoms with E-state index >= 15 is 0 Å². The zero-order valence-electron chi connectivity index (χ0n) is 11.4. The molecule has 0 aliphatic heterocycles. The molecule has 21 heavy (non-hydrogen) atoms. The highest BCUT2D eigenvalue weighted by Crippen LogP contribution is 2.27. The monoisotopic (exact) mass is 344 g/mol. The van der Waals surface area contributed by atoms with E-state index in [1.165, 1.54) is 0 Å².